The Balaban J connectivity index is 4.01. The number of rotatable bonds is 4. The van der Waals surface area contributed by atoms with E-state index in [1.54, 1.807) is 13.8 Å². The van der Waals surface area contributed by atoms with Crippen LogP contribution in [0.25, 0.3) is 0 Å². The van der Waals surface area contributed by atoms with Gasteiger partial charge in [0.2, 0.25) is 5.91 Å². The molecule has 0 rings (SSSR count). The lowest BCUT2D eigenvalue weighted by atomic mass is 10.4. The molecule has 0 aliphatic rings. The van der Waals surface area contributed by atoms with Crippen LogP contribution in [0.15, 0.2) is 0 Å². The maximum absolute atomic E-state index is 11.2. The third-order valence-electron chi connectivity index (χ3n) is 1.26. The molecule has 0 fully saturated rings. The number of hydrogen-bond donors (Lipinski definition) is 5. The maximum Gasteiger partial charge on any atom is 0.253 e. The van der Waals surface area contributed by atoms with Crippen LogP contribution in [0.4, 0.5) is 0 Å². The van der Waals surface area contributed by atoms with E-state index in [1.807, 2.05) is 0 Å². The first-order valence-corrected chi connectivity index (χ1v) is 5.54. The Morgan fingerprint density at radius 3 is 1.86 bits per heavy atom. The largest absolute Gasteiger partial charge is 0.342 e. The molecule has 14 heavy (non-hydrogen) atoms. The molecular weight excluding hydrogens is 240 g/mol. The van der Waals surface area contributed by atoms with E-state index in [0.29, 0.717) is 0 Å². The number of thiol groups is 3. The number of amides is 2. The molecule has 2 N–H and O–H groups in total. The van der Waals surface area contributed by atoms with Crippen molar-refractivity contribution in [3.63, 3.8) is 0 Å². The van der Waals surface area contributed by atoms with Gasteiger partial charge >= 0.3 is 0 Å². The minimum Gasteiger partial charge on any atom is -0.342 e. The second kappa shape index (κ2) is 6.47. The molecule has 4 nitrogen and oxygen atoms in total. The van der Waals surface area contributed by atoms with Crippen LogP contribution in [0.2, 0.25) is 0 Å². The van der Waals surface area contributed by atoms with Crippen molar-refractivity contribution in [1.29, 1.82) is 0 Å². The number of carbonyl (C=O) groups excluding carboxylic acids is 2. The predicted molar refractivity (Wildman–Crippen MR) is 66.0 cm³/mol. The lowest BCUT2D eigenvalue weighted by molar-refractivity contribution is -0.126. The van der Waals surface area contributed by atoms with E-state index >= 15 is 0 Å². The Bertz CT molecular complexity index is 221. The fraction of sp³-hybridized carbons (Fsp3) is 0.714. The summed E-state index contributed by atoms with van der Waals surface area (Å²) in [7, 11) is 0. The molecule has 0 saturated carbocycles. The molecule has 0 aromatic carbocycles. The maximum atomic E-state index is 11.2. The molecule has 0 saturated heterocycles. The molecule has 2 amide bonds. The fourth-order valence-corrected chi connectivity index (χ4v) is 1.01. The normalized spacial score (nSPS) is 16.6. The van der Waals surface area contributed by atoms with Crippen LogP contribution >= 0.6 is 37.9 Å². The minimum absolute atomic E-state index is 0.275. The van der Waals surface area contributed by atoms with E-state index in [9.17, 15) is 9.59 Å². The van der Waals surface area contributed by atoms with Gasteiger partial charge in [-0.3, -0.25) is 9.59 Å². The summed E-state index contributed by atoms with van der Waals surface area (Å²) in [5.41, 5.74) is 0. The first kappa shape index (κ1) is 14.0. The average Bonchev–Trinajstić information content (AvgIpc) is 2.02. The second-order valence-electron chi connectivity index (χ2n) is 2.77. The molecule has 0 bridgehead atoms. The highest BCUT2D eigenvalue weighted by Crippen LogP contribution is 1.97. The molecule has 0 spiro atoms. The van der Waals surface area contributed by atoms with Gasteiger partial charge in [0, 0.05) is 0 Å². The molecular formula is C7H14N2O2S3. The standard InChI is InChI=1S/C7H14N2O2S3/c1-3(12)5(10)9-7(14)6(11)8-4(2)13/h3-4,7,12-14H,1-2H3,(H,8,11)(H,9,10). The third-order valence-corrected chi connectivity index (χ3v) is 1.99. The van der Waals surface area contributed by atoms with Crippen LogP contribution in [0, 0.1) is 0 Å². The van der Waals surface area contributed by atoms with Gasteiger partial charge < -0.3 is 10.6 Å². The van der Waals surface area contributed by atoms with Gasteiger partial charge in [-0.1, -0.05) is 0 Å². The van der Waals surface area contributed by atoms with Gasteiger partial charge in [0.15, 0.2) is 5.37 Å². The van der Waals surface area contributed by atoms with Crippen molar-refractivity contribution in [1.82, 2.24) is 10.6 Å². The van der Waals surface area contributed by atoms with Crippen LogP contribution in [0.5, 0.6) is 0 Å². The minimum atomic E-state index is -0.869. The van der Waals surface area contributed by atoms with Crippen molar-refractivity contribution in [2.75, 3.05) is 0 Å². The lowest BCUT2D eigenvalue weighted by Gasteiger charge is -2.15. The van der Waals surface area contributed by atoms with Crippen molar-refractivity contribution in [3.05, 3.63) is 0 Å². The van der Waals surface area contributed by atoms with E-state index < -0.39 is 16.5 Å². The van der Waals surface area contributed by atoms with Crippen LogP contribution in [0.3, 0.4) is 0 Å². The number of carbonyl (C=O) groups is 2. The highest BCUT2D eigenvalue weighted by molar-refractivity contribution is 7.82. The number of hydrogen-bond acceptors (Lipinski definition) is 5. The van der Waals surface area contributed by atoms with Crippen LogP contribution in [0.1, 0.15) is 13.8 Å². The van der Waals surface area contributed by atoms with E-state index in [1.165, 1.54) is 0 Å². The summed E-state index contributed by atoms with van der Waals surface area (Å²) >= 11 is 11.8. The molecule has 7 heteroatoms. The zero-order valence-electron chi connectivity index (χ0n) is 7.89. The Morgan fingerprint density at radius 1 is 1.00 bits per heavy atom. The topological polar surface area (TPSA) is 58.2 Å². The first-order chi connectivity index (χ1) is 6.34. The summed E-state index contributed by atoms with van der Waals surface area (Å²) < 4.78 is 0. The van der Waals surface area contributed by atoms with Crippen LogP contribution in [-0.2, 0) is 9.59 Å². The predicted octanol–water partition coefficient (Wildman–Crippen LogP) is 0.0688. The molecule has 0 radical (unpaired) electrons. The molecule has 0 aliphatic carbocycles. The van der Waals surface area contributed by atoms with Crippen molar-refractivity contribution < 1.29 is 9.59 Å². The quantitative estimate of drug-likeness (QED) is 0.364. The zero-order chi connectivity index (χ0) is 11.3. The van der Waals surface area contributed by atoms with Crippen LogP contribution in [-0.4, -0.2) is 27.8 Å². The average molecular weight is 254 g/mol. The second-order valence-corrected chi connectivity index (χ2v) is 4.84. The summed E-state index contributed by atoms with van der Waals surface area (Å²) in [5, 5.41) is 3.27. The highest BCUT2D eigenvalue weighted by atomic mass is 32.1. The first-order valence-electron chi connectivity index (χ1n) is 3.99. The van der Waals surface area contributed by atoms with Crippen molar-refractivity contribution in [2.45, 2.75) is 29.8 Å². The summed E-state index contributed by atoms with van der Waals surface area (Å²) in [5.74, 6) is -0.728. The summed E-state index contributed by atoms with van der Waals surface area (Å²) in [6.45, 7) is 3.31. The van der Waals surface area contributed by atoms with Crippen molar-refractivity contribution in [3.8, 4) is 0 Å². The van der Waals surface area contributed by atoms with Gasteiger partial charge in [-0.05, 0) is 13.8 Å². The van der Waals surface area contributed by atoms with Gasteiger partial charge in [-0.2, -0.15) is 25.3 Å². The molecule has 0 aliphatic heterocycles. The lowest BCUT2D eigenvalue weighted by Crippen LogP contribution is -2.46. The van der Waals surface area contributed by atoms with Gasteiger partial charge in [0.1, 0.15) is 0 Å². The zero-order valence-corrected chi connectivity index (χ0v) is 10.6. The Labute approximate surface area is 99.8 Å². The fourth-order valence-electron chi connectivity index (χ4n) is 0.606. The molecule has 3 atom stereocenters. The van der Waals surface area contributed by atoms with Gasteiger partial charge in [-0.25, -0.2) is 0 Å². The molecule has 0 aromatic rings. The monoisotopic (exact) mass is 254 g/mol. The molecule has 0 aromatic heterocycles. The van der Waals surface area contributed by atoms with Crippen molar-refractivity contribution >= 4 is 49.7 Å². The van der Waals surface area contributed by atoms with Gasteiger partial charge in [-0.15, -0.1) is 12.6 Å². The smallest absolute Gasteiger partial charge is 0.253 e. The summed E-state index contributed by atoms with van der Waals surface area (Å²) in [4.78, 5) is 22.3. The Morgan fingerprint density at radius 2 is 1.50 bits per heavy atom. The van der Waals surface area contributed by atoms with E-state index in [2.05, 4.69) is 48.5 Å². The van der Waals surface area contributed by atoms with Crippen LogP contribution < -0.4 is 10.6 Å². The molecule has 82 valence electrons. The SMILES string of the molecule is CC(S)NC(=O)C(S)NC(=O)C(C)S. The highest BCUT2D eigenvalue weighted by Gasteiger charge is 2.18. The van der Waals surface area contributed by atoms with E-state index in [4.69, 9.17) is 0 Å². The van der Waals surface area contributed by atoms with E-state index in [0.717, 1.165) is 0 Å². The van der Waals surface area contributed by atoms with Gasteiger partial charge in [0.05, 0.1) is 10.6 Å². The van der Waals surface area contributed by atoms with Crippen molar-refractivity contribution in [2.24, 2.45) is 0 Å². The Hall–Kier alpha value is -0.0100. The molecule has 3 unspecified atom stereocenters. The van der Waals surface area contributed by atoms with E-state index in [-0.39, 0.29) is 11.3 Å². The van der Waals surface area contributed by atoms with Gasteiger partial charge in [0.25, 0.3) is 5.91 Å². The molecule has 0 heterocycles. The summed E-state index contributed by atoms with van der Waals surface area (Å²) in [6, 6.07) is 0. The summed E-state index contributed by atoms with van der Waals surface area (Å²) in [6.07, 6.45) is 0. The third kappa shape index (κ3) is 5.66. The number of nitrogens with one attached hydrogen (secondary N) is 2. The Kier molecular flexibility index (Phi) is 6.46.